The summed E-state index contributed by atoms with van der Waals surface area (Å²) in [5.41, 5.74) is -0.477. The average Bonchev–Trinajstić information content (AvgIpc) is 2.32. The molecule has 10 nitrogen and oxygen atoms in total. The molecule has 0 spiro atoms. The van der Waals surface area contributed by atoms with Crippen molar-refractivity contribution in [3.8, 4) is 0 Å². The smallest absolute Gasteiger partial charge is 0.744 e. The second-order valence-corrected chi connectivity index (χ2v) is 8.64. The van der Waals surface area contributed by atoms with Gasteiger partial charge in [-0.3, -0.25) is 0 Å². The predicted molar refractivity (Wildman–Crippen MR) is 71.5 cm³/mol. The Morgan fingerprint density at radius 3 is 1.69 bits per heavy atom. The van der Waals surface area contributed by atoms with Crippen molar-refractivity contribution in [1.82, 2.24) is 0 Å². The van der Waals surface area contributed by atoms with E-state index in [1.807, 2.05) is 0 Å². The molecule has 0 aromatic heterocycles. The third-order valence-corrected chi connectivity index (χ3v) is 5.60. The summed E-state index contributed by atoms with van der Waals surface area (Å²) in [4.78, 5) is -3.36. The topological polar surface area (TPSA) is 195 Å². The van der Waals surface area contributed by atoms with Gasteiger partial charge in [0.2, 0.25) is 0 Å². The molecule has 1 N–H and O–H groups in total. The maximum Gasteiger partial charge on any atom is 1.00 e. The average molecular weight is 449 g/mol. The van der Waals surface area contributed by atoms with Gasteiger partial charge in [-0.15, -0.1) is 0 Å². The van der Waals surface area contributed by atoms with E-state index >= 15 is 0 Å². The quantitative estimate of drug-likeness (QED) is 0.344. The molecule has 0 amide bonds. The van der Waals surface area contributed by atoms with Crippen molar-refractivity contribution in [2.45, 2.75) is 16.2 Å². The van der Waals surface area contributed by atoms with E-state index in [0.29, 0.717) is 6.07 Å². The van der Waals surface area contributed by atoms with Gasteiger partial charge < -0.3 is 19.1 Å². The van der Waals surface area contributed by atoms with Crippen LogP contribution in [0.25, 0.3) is 11.0 Å². The molecule has 0 radical (unpaired) electrons. The molecule has 1 aromatic carbocycles. The van der Waals surface area contributed by atoms with Crippen molar-refractivity contribution >= 4 is 47.0 Å². The van der Waals surface area contributed by atoms with Crippen molar-refractivity contribution in [2.24, 2.45) is 0 Å². The first-order chi connectivity index (χ1) is 10.2. The van der Waals surface area contributed by atoms with Gasteiger partial charge in [0.15, 0.2) is 0 Å². The monoisotopic (exact) mass is 449 g/mol. The molecule has 0 bridgehead atoms. The van der Waals surface area contributed by atoms with Crippen LogP contribution in [0.15, 0.2) is 21.9 Å². The number of fused-ring (bicyclic) bond motifs is 1. The normalized spacial score (nSPS) is 14.1. The standard InChI is InChI=1S/C10H9NO9S3.3Na/c11-5-1-7-8(9(2-5)22(15,16)17)3-6(21(12,13)14)4-10(7)23(18,19)20;;;/h1,3-4,11H,2H2,(H,12,13,14)(H,15,16,17)(H,18,19,20);;;/q;3*+1/p-3. The molecule has 126 valence electrons. The van der Waals surface area contributed by atoms with Crippen LogP contribution >= 0.6 is 0 Å². The fraction of sp³-hybridized carbons (Fsp3) is 0.100. The third-order valence-electron chi connectivity index (χ3n) is 2.95. The van der Waals surface area contributed by atoms with Crippen LogP contribution in [0, 0.1) is 5.41 Å². The van der Waals surface area contributed by atoms with Crippen molar-refractivity contribution in [3.63, 3.8) is 0 Å². The second-order valence-electron chi connectivity index (χ2n) is 4.51. The van der Waals surface area contributed by atoms with Crippen molar-refractivity contribution in [2.75, 3.05) is 0 Å². The van der Waals surface area contributed by atoms with E-state index in [4.69, 9.17) is 5.41 Å². The minimum atomic E-state index is -5.31. The molecule has 1 aliphatic carbocycles. The summed E-state index contributed by atoms with van der Waals surface area (Å²) in [7, 11) is -15.7. The first-order valence-electron chi connectivity index (χ1n) is 5.55. The Labute approximate surface area is 215 Å². The molecule has 2 rings (SSSR count). The van der Waals surface area contributed by atoms with Crippen LogP contribution in [0.3, 0.4) is 0 Å². The Kier molecular flexibility index (Phi) is 11.3. The van der Waals surface area contributed by atoms with Crippen molar-refractivity contribution in [3.05, 3.63) is 22.6 Å². The first kappa shape index (κ1) is 29.6. The number of hydrogen-bond donors (Lipinski definition) is 1. The van der Waals surface area contributed by atoms with Gasteiger partial charge in [-0.25, -0.2) is 25.3 Å². The van der Waals surface area contributed by atoms with Gasteiger partial charge in [0.25, 0.3) is 0 Å². The summed E-state index contributed by atoms with van der Waals surface area (Å²) in [6.45, 7) is 0. The molecule has 1 aliphatic rings. The van der Waals surface area contributed by atoms with E-state index in [-0.39, 0.29) is 94.7 Å². The molecule has 0 fully saturated rings. The number of benzene rings is 1. The fourth-order valence-electron chi connectivity index (χ4n) is 2.05. The summed E-state index contributed by atoms with van der Waals surface area (Å²) in [5, 5.41) is 6.15. The maximum absolute atomic E-state index is 11.3. The Bertz CT molecular complexity index is 1170. The van der Waals surface area contributed by atoms with Crippen molar-refractivity contribution < 1.29 is 128 Å². The number of hydrogen-bond acceptors (Lipinski definition) is 10. The maximum atomic E-state index is 11.3. The van der Waals surface area contributed by atoms with Crippen LogP contribution in [0.5, 0.6) is 0 Å². The summed E-state index contributed by atoms with van der Waals surface area (Å²) in [5.74, 6) is 0. The van der Waals surface area contributed by atoms with Gasteiger partial charge >= 0.3 is 88.7 Å². The second kappa shape index (κ2) is 9.91. The summed E-state index contributed by atoms with van der Waals surface area (Å²) in [6.07, 6.45) is 0.0928. The molecule has 0 aliphatic heterocycles. The Hall–Kier alpha value is 1.36. The summed E-state index contributed by atoms with van der Waals surface area (Å²) in [6, 6.07) is 0.772. The Balaban J connectivity index is 0. The van der Waals surface area contributed by atoms with E-state index in [1.165, 1.54) is 0 Å². The first-order valence-corrected chi connectivity index (χ1v) is 9.78. The molecule has 26 heavy (non-hydrogen) atoms. The molecule has 16 heteroatoms. The zero-order chi connectivity index (χ0) is 17.8. The Morgan fingerprint density at radius 2 is 1.31 bits per heavy atom. The molecule has 0 atom stereocenters. The van der Waals surface area contributed by atoms with Gasteiger partial charge in [0, 0.05) is 22.3 Å². The number of rotatable bonds is 3. The van der Waals surface area contributed by atoms with E-state index in [0.717, 1.165) is 6.08 Å². The van der Waals surface area contributed by atoms with Crippen LogP contribution in [0.4, 0.5) is 0 Å². The van der Waals surface area contributed by atoms with Crippen LogP contribution in [0.2, 0.25) is 0 Å². The molecule has 1 aromatic rings. The summed E-state index contributed by atoms with van der Waals surface area (Å²) >= 11 is 0. The third kappa shape index (κ3) is 6.71. The molecule has 0 saturated heterocycles. The van der Waals surface area contributed by atoms with Crippen LogP contribution in [-0.4, -0.2) is 44.6 Å². The minimum absolute atomic E-state index is 0. The zero-order valence-electron chi connectivity index (χ0n) is 13.8. The molecular weight excluding hydrogens is 443 g/mol. The SMILES string of the molecule is N=C1C=c2c(S(=O)(=O)[O-])cc(S(=O)(=O)[O-])cc2=C(S(=O)(=O)[O-])C1.[Na+].[Na+].[Na+]. The van der Waals surface area contributed by atoms with Crippen LogP contribution in [-0.2, 0) is 30.4 Å². The fourth-order valence-corrected chi connectivity index (χ4v) is 4.13. The Morgan fingerprint density at radius 1 is 0.808 bits per heavy atom. The summed E-state index contributed by atoms with van der Waals surface area (Å²) < 4.78 is 101. The largest absolute Gasteiger partial charge is 1.00 e. The van der Waals surface area contributed by atoms with Gasteiger partial charge in [-0.1, -0.05) is 0 Å². The molecule has 0 saturated carbocycles. The van der Waals surface area contributed by atoms with Crippen molar-refractivity contribution in [1.29, 1.82) is 5.41 Å². The van der Waals surface area contributed by atoms with Gasteiger partial charge in [0.05, 0.1) is 9.79 Å². The molecule has 0 unspecified atom stereocenters. The van der Waals surface area contributed by atoms with Crippen LogP contribution in [0.1, 0.15) is 6.42 Å². The van der Waals surface area contributed by atoms with E-state index < -0.39 is 67.6 Å². The van der Waals surface area contributed by atoms with Gasteiger partial charge in [0.1, 0.15) is 30.4 Å². The van der Waals surface area contributed by atoms with Gasteiger partial charge in [-0.05, 0) is 23.4 Å². The molecule has 0 heterocycles. The van der Waals surface area contributed by atoms with Crippen LogP contribution < -0.4 is 99.1 Å². The zero-order valence-corrected chi connectivity index (χ0v) is 22.3. The molecular formula is C10H6NNa3O9S3. The predicted octanol–water partition coefficient (Wildman–Crippen LogP) is -11.6. The number of nitrogens with one attached hydrogen (secondary N) is 1. The van der Waals surface area contributed by atoms with E-state index in [1.54, 1.807) is 0 Å². The van der Waals surface area contributed by atoms with E-state index in [2.05, 4.69) is 0 Å². The minimum Gasteiger partial charge on any atom is -0.744 e. The van der Waals surface area contributed by atoms with Gasteiger partial charge in [-0.2, -0.15) is 0 Å². The van der Waals surface area contributed by atoms with E-state index in [9.17, 15) is 38.9 Å².